The molecule has 1 atom stereocenters. The Balaban J connectivity index is 2.66. The van der Waals surface area contributed by atoms with Crippen molar-refractivity contribution in [1.29, 1.82) is 0 Å². The molecule has 1 nitrogen and oxygen atoms in total. The van der Waals surface area contributed by atoms with Gasteiger partial charge < -0.3 is 5.32 Å². The third-order valence-electron chi connectivity index (χ3n) is 2.81. The number of rotatable bonds is 6. The van der Waals surface area contributed by atoms with E-state index in [2.05, 4.69) is 12.2 Å². The van der Waals surface area contributed by atoms with E-state index >= 15 is 0 Å². The van der Waals surface area contributed by atoms with Gasteiger partial charge in [-0.1, -0.05) is 43.5 Å². The number of hydrogen-bond acceptors (Lipinski definition) is 1. The normalized spacial score (nSPS) is 12.8. The highest BCUT2D eigenvalue weighted by atomic mass is 35.5. The predicted molar refractivity (Wildman–Crippen MR) is 67.5 cm³/mol. The van der Waals surface area contributed by atoms with Gasteiger partial charge in [0.05, 0.1) is 5.02 Å². The summed E-state index contributed by atoms with van der Waals surface area (Å²) in [7, 11) is 1.92. The smallest absolute Gasteiger partial charge is 0.145 e. The third-order valence-corrected chi connectivity index (χ3v) is 3.10. The van der Waals surface area contributed by atoms with Crippen LogP contribution in [0.3, 0.4) is 0 Å². The first-order chi connectivity index (χ1) is 7.69. The summed E-state index contributed by atoms with van der Waals surface area (Å²) in [5, 5.41) is 3.43. The van der Waals surface area contributed by atoms with Gasteiger partial charge in [0.2, 0.25) is 0 Å². The second-order valence-electron chi connectivity index (χ2n) is 4.04. The van der Waals surface area contributed by atoms with E-state index in [9.17, 15) is 4.39 Å². The van der Waals surface area contributed by atoms with E-state index in [1.165, 1.54) is 0 Å². The molecule has 0 aromatic heterocycles. The summed E-state index contributed by atoms with van der Waals surface area (Å²) in [6, 6.07) is 5.51. The highest BCUT2D eigenvalue weighted by Gasteiger charge is 2.11. The Kier molecular flexibility index (Phi) is 5.78. The average Bonchev–Trinajstić information content (AvgIpc) is 2.30. The zero-order chi connectivity index (χ0) is 12.0. The minimum absolute atomic E-state index is 0.211. The van der Waals surface area contributed by atoms with E-state index in [4.69, 9.17) is 11.6 Å². The van der Waals surface area contributed by atoms with Crippen molar-refractivity contribution in [3.05, 3.63) is 34.6 Å². The maximum Gasteiger partial charge on any atom is 0.145 e. The molecule has 1 unspecified atom stereocenters. The first-order valence-corrected chi connectivity index (χ1v) is 6.17. The molecule has 0 heterocycles. The Hall–Kier alpha value is -0.600. The van der Waals surface area contributed by atoms with E-state index in [1.807, 2.05) is 7.05 Å². The molecule has 0 bridgehead atoms. The lowest BCUT2D eigenvalue weighted by molar-refractivity contribution is 0.487. The Morgan fingerprint density at radius 1 is 1.44 bits per heavy atom. The van der Waals surface area contributed by atoms with Gasteiger partial charge in [-0.2, -0.15) is 0 Å². The second kappa shape index (κ2) is 6.87. The van der Waals surface area contributed by atoms with Gasteiger partial charge in [-0.3, -0.25) is 0 Å². The Morgan fingerprint density at radius 2 is 2.19 bits per heavy atom. The molecule has 1 aromatic carbocycles. The van der Waals surface area contributed by atoms with Gasteiger partial charge in [-0.15, -0.1) is 0 Å². The predicted octanol–water partition coefficient (Wildman–Crippen LogP) is 3.80. The molecule has 0 saturated carbocycles. The van der Waals surface area contributed by atoms with Crippen molar-refractivity contribution in [3.8, 4) is 0 Å². The summed E-state index contributed by atoms with van der Waals surface area (Å²) in [4.78, 5) is 0. The van der Waals surface area contributed by atoms with Crippen molar-refractivity contribution in [2.24, 2.45) is 0 Å². The fourth-order valence-electron chi connectivity index (χ4n) is 1.77. The molecular formula is C13H19ClFN. The van der Waals surface area contributed by atoms with Crippen molar-refractivity contribution in [2.75, 3.05) is 7.05 Å². The number of halogens is 2. The maximum atomic E-state index is 13.7. The molecule has 1 rings (SSSR count). The minimum atomic E-state index is -0.277. The average molecular weight is 244 g/mol. The van der Waals surface area contributed by atoms with Gasteiger partial charge in [0, 0.05) is 6.04 Å². The van der Waals surface area contributed by atoms with Crippen molar-refractivity contribution in [2.45, 2.75) is 38.6 Å². The molecule has 0 spiro atoms. The van der Waals surface area contributed by atoms with Crippen molar-refractivity contribution in [3.63, 3.8) is 0 Å². The van der Waals surface area contributed by atoms with Gasteiger partial charge in [0.15, 0.2) is 0 Å². The van der Waals surface area contributed by atoms with Crippen LogP contribution in [0, 0.1) is 5.82 Å². The molecule has 1 N–H and O–H groups in total. The molecule has 0 aliphatic rings. The van der Waals surface area contributed by atoms with E-state index in [0.717, 1.165) is 19.3 Å². The van der Waals surface area contributed by atoms with Gasteiger partial charge in [0.1, 0.15) is 5.82 Å². The van der Waals surface area contributed by atoms with Gasteiger partial charge in [-0.05, 0) is 31.5 Å². The SMILES string of the molecule is CCCCC(Cc1cccc(Cl)c1F)NC. The standard InChI is InChI=1S/C13H19ClFN/c1-3-4-7-11(16-2)9-10-6-5-8-12(14)13(10)15/h5-6,8,11,16H,3-4,7,9H2,1-2H3. The first-order valence-electron chi connectivity index (χ1n) is 5.79. The van der Waals surface area contributed by atoms with Crippen LogP contribution in [0.15, 0.2) is 18.2 Å². The van der Waals surface area contributed by atoms with E-state index in [0.29, 0.717) is 18.0 Å². The molecule has 0 aliphatic heterocycles. The molecule has 0 fully saturated rings. The first kappa shape index (κ1) is 13.5. The second-order valence-corrected chi connectivity index (χ2v) is 4.45. The van der Waals surface area contributed by atoms with Crippen LogP contribution in [0.2, 0.25) is 5.02 Å². The number of hydrogen-bond donors (Lipinski definition) is 1. The number of likely N-dealkylation sites (N-methyl/N-ethyl adjacent to an activating group) is 1. The van der Waals surface area contributed by atoms with E-state index < -0.39 is 0 Å². The Bertz CT molecular complexity index is 328. The molecule has 1 aromatic rings. The van der Waals surface area contributed by atoms with Crippen LogP contribution in [0.1, 0.15) is 31.7 Å². The number of unbranched alkanes of at least 4 members (excludes halogenated alkanes) is 1. The van der Waals surface area contributed by atoms with Crippen molar-refractivity contribution < 1.29 is 4.39 Å². The molecule has 90 valence electrons. The largest absolute Gasteiger partial charge is 0.317 e. The molecule has 3 heteroatoms. The van der Waals surface area contributed by atoms with Gasteiger partial charge in [0.25, 0.3) is 0 Å². The molecule has 0 amide bonds. The summed E-state index contributed by atoms with van der Waals surface area (Å²) in [6.07, 6.45) is 4.09. The van der Waals surface area contributed by atoms with Crippen LogP contribution in [0.4, 0.5) is 4.39 Å². The minimum Gasteiger partial charge on any atom is -0.317 e. The van der Waals surface area contributed by atoms with Crippen LogP contribution in [0.25, 0.3) is 0 Å². The summed E-state index contributed by atoms with van der Waals surface area (Å²) >= 11 is 5.75. The van der Waals surface area contributed by atoms with Crippen LogP contribution in [0.5, 0.6) is 0 Å². The van der Waals surface area contributed by atoms with Crippen molar-refractivity contribution in [1.82, 2.24) is 5.32 Å². The quantitative estimate of drug-likeness (QED) is 0.802. The lowest BCUT2D eigenvalue weighted by atomic mass is 10.0. The zero-order valence-corrected chi connectivity index (χ0v) is 10.6. The van der Waals surface area contributed by atoms with Gasteiger partial charge >= 0.3 is 0 Å². The lowest BCUT2D eigenvalue weighted by Gasteiger charge is -2.16. The van der Waals surface area contributed by atoms with E-state index in [1.54, 1.807) is 18.2 Å². The molecule has 16 heavy (non-hydrogen) atoms. The van der Waals surface area contributed by atoms with E-state index in [-0.39, 0.29) is 10.8 Å². The summed E-state index contributed by atoms with van der Waals surface area (Å²) in [5.41, 5.74) is 0.697. The lowest BCUT2D eigenvalue weighted by Crippen LogP contribution is -2.27. The molecule has 0 aliphatic carbocycles. The third kappa shape index (κ3) is 3.76. The molecule has 0 radical (unpaired) electrons. The Morgan fingerprint density at radius 3 is 2.81 bits per heavy atom. The fraction of sp³-hybridized carbons (Fsp3) is 0.538. The highest BCUT2D eigenvalue weighted by molar-refractivity contribution is 6.30. The maximum absolute atomic E-state index is 13.7. The molecular weight excluding hydrogens is 225 g/mol. The summed E-state index contributed by atoms with van der Waals surface area (Å²) < 4.78 is 13.7. The number of benzene rings is 1. The van der Waals surface area contributed by atoms with Crippen LogP contribution >= 0.6 is 11.6 Å². The van der Waals surface area contributed by atoms with Crippen molar-refractivity contribution >= 4 is 11.6 Å². The monoisotopic (exact) mass is 243 g/mol. The zero-order valence-electron chi connectivity index (χ0n) is 9.89. The molecule has 0 saturated heterocycles. The van der Waals surface area contributed by atoms with Gasteiger partial charge in [-0.25, -0.2) is 4.39 Å². The highest BCUT2D eigenvalue weighted by Crippen LogP contribution is 2.20. The van der Waals surface area contributed by atoms with Crippen LogP contribution in [-0.4, -0.2) is 13.1 Å². The topological polar surface area (TPSA) is 12.0 Å². The summed E-state index contributed by atoms with van der Waals surface area (Å²) in [6.45, 7) is 2.16. The number of nitrogens with one attached hydrogen (secondary N) is 1. The summed E-state index contributed by atoms with van der Waals surface area (Å²) in [5.74, 6) is -0.277. The fourth-order valence-corrected chi connectivity index (χ4v) is 1.96. The van der Waals surface area contributed by atoms with Crippen LogP contribution < -0.4 is 5.32 Å². The van der Waals surface area contributed by atoms with Crippen LogP contribution in [-0.2, 0) is 6.42 Å². The Labute approximate surface area is 102 Å².